The molecule has 2 atom stereocenters. The molecule has 32 heavy (non-hydrogen) atoms. The van der Waals surface area contributed by atoms with Crippen molar-refractivity contribution < 1.29 is 18.7 Å². The SMILES string of the molecule is COc1ccc(OC(C)c2nnc(SC(C)C(=O)Nc3ccc(F)cc3)n2C(C)C)cc1. The normalized spacial score (nSPS) is 13.0. The molecule has 1 N–H and O–H groups in total. The Labute approximate surface area is 191 Å². The summed E-state index contributed by atoms with van der Waals surface area (Å²) in [6.45, 7) is 7.76. The molecule has 0 aliphatic carbocycles. The number of aromatic nitrogens is 3. The summed E-state index contributed by atoms with van der Waals surface area (Å²) in [6.07, 6.45) is -0.351. The highest BCUT2D eigenvalue weighted by atomic mass is 32.2. The lowest BCUT2D eigenvalue weighted by molar-refractivity contribution is -0.115. The highest BCUT2D eigenvalue weighted by Gasteiger charge is 2.25. The molecule has 1 amide bonds. The third kappa shape index (κ3) is 5.79. The molecular weight excluding hydrogens is 431 g/mol. The second-order valence-corrected chi connectivity index (χ2v) is 8.80. The van der Waals surface area contributed by atoms with E-state index in [0.29, 0.717) is 22.4 Å². The summed E-state index contributed by atoms with van der Waals surface area (Å²) < 4.78 is 26.3. The van der Waals surface area contributed by atoms with Crippen molar-refractivity contribution in [1.29, 1.82) is 0 Å². The van der Waals surface area contributed by atoms with Gasteiger partial charge in [0.2, 0.25) is 5.91 Å². The Morgan fingerprint density at radius 2 is 1.62 bits per heavy atom. The molecule has 9 heteroatoms. The smallest absolute Gasteiger partial charge is 0.237 e. The maximum absolute atomic E-state index is 13.1. The van der Waals surface area contributed by atoms with E-state index in [1.807, 2.05) is 49.6 Å². The molecule has 0 bridgehead atoms. The lowest BCUT2D eigenvalue weighted by Gasteiger charge is -2.20. The Kier molecular flexibility index (Phi) is 7.74. The number of rotatable bonds is 9. The molecule has 0 saturated heterocycles. The molecule has 0 aliphatic rings. The number of anilines is 1. The minimum atomic E-state index is -0.438. The zero-order valence-corrected chi connectivity index (χ0v) is 19.5. The number of nitrogens with one attached hydrogen (secondary N) is 1. The van der Waals surface area contributed by atoms with E-state index in [2.05, 4.69) is 15.5 Å². The Morgan fingerprint density at radius 1 is 1.00 bits per heavy atom. The first kappa shape index (κ1) is 23.6. The minimum Gasteiger partial charge on any atom is -0.497 e. The van der Waals surface area contributed by atoms with Gasteiger partial charge in [0.15, 0.2) is 17.1 Å². The molecule has 0 spiro atoms. The predicted molar refractivity (Wildman–Crippen MR) is 123 cm³/mol. The lowest BCUT2D eigenvalue weighted by atomic mass is 10.3. The number of methoxy groups -OCH3 is 1. The second-order valence-electron chi connectivity index (χ2n) is 7.50. The molecular formula is C23H27FN4O3S. The standard InChI is InChI=1S/C23H27FN4O3S/c1-14(2)28-21(15(3)31-20-12-10-19(30-5)11-13-20)26-27-23(28)32-16(4)22(29)25-18-8-6-17(24)7-9-18/h6-16H,1-5H3,(H,25,29). The van der Waals surface area contributed by atoms with E-state index in [9.17, 15) is 9.18 Å². The summed E-state index contributed by atoms with van der Waals surface area (Å²) in [6, 6.07) is 13.1. The van der Waals surface area contributed by atoms with Crippen LogP contribution in [0.3, 0.4) is 0 Å². The predicted octanol–water partition coefficient (Wildman–Crippen LogP) is 5.27. The van der Waals surface area contributed by atoms with Crippen molar-refractivity contribution in [3.63, 3.8) is 0 Å². The minimum absolute atomic E-state index is 0.0665. The van der Waals surface area contributed by atoms with E-state index < -0.39 is 5.25 Å². The van der Waals surface area contributed by atoms with Crippen molar-refractivity contribution in [2.45, 2.75) is 50.2 Å². The monoisotopic (exact) mass is 458 g/mol. The molecule has 0 radical (unpaired) electrons. The van der Waals surface area contributed by atoms with Crippen LogP contribution < -0.4 is 14.8 Å². The maximum Gasteiger partial charge on any atom is 0.237 e. The number of carbonyl (C=O) groups excluding carboxylic acids is 1. The van der Waals surface area contributed by atoms with Crippen LogP contribution in [0.15, 0.2) is 53.7 Å². The van der Waals surface area contributed by atoms with Gasteiger partial charge in [-0.2, -0.15) is 0 Å². The number of hydrogen-bond acceptors (Lipinski definition) is 6. The average Bonchev–Trinajstić information content (AvgIpc) is 3.19. The average molecular weight is 459 g/mol. The number of benzene rings is 2. The first-order valence-corrected chi connectivity index (χ1v) is 11.1. The quantitative estimate of drug-likeness (QED) is 0.441. The molecule has 3 aromatic rings. The number of hydrogen-bond donors (Lipinski definition) is 1. The molecule has 0 aliphatic heterocycles. The van der Waals surface area contributed by atoms with Crippen molar-refractivity contribution in [2.75, 3.05) is 12.4 Å². The number of ether oxygens (including phenoxy) is 2. The molecule has 2 unspecified atom stereocenters. The highest BCUT2D eigenvalue weighted by molar-refractivity contribution is 8.00. The van der Waals surface area contributed by atoms with Gasteiger partial charge in [0.05, 0.1) is 12.4 Å². The van der Waals surface area contributed by atoms with Crippen LogP contribution >= 0.6 is 11.8 Å². The van der Waals surface area contributed by atoms with E-state index in [0.717, 1.165) is 5.75 Å². The molecule has 1 aromatic heterocycles. The van der Waals surface area contributed by atoms with Gasteiger partial charge in [-0.05, 0) is 76.2 Å². The fraction of sp³-hybridized carbons (Fsp3) is 0.348. The van der Waals surface area contributed by atoms with Crippen molar-refractivity contribution in [3.8, 4) is 11.5 Å². The van der Waals surface area contributed by atoms with Crippen LogP contribution in [0.4, 0.5) is 10.1 Å². The van der Waals surface area contributed by atoms with E-state index >= 15 is 0 Å². The van der Waals surface area contributed by atoms with Gasteiger partial charge in [-0.1, -0.05) is 11.8 Å². The van der Waals surface area contributed by atoms with Gasteiger partial charge >= 0.3 is 0 Å². The molecule has 3 rings (SSSR count). The number of amides is 1. The second kappa shape index (κ2) is 10.5. The Bertz CT molecular complexity index is 1040. The van der Waals surface area contributed by atoms with Crippen molar-refractivity contribution in [3.05, 3.63) is 60.2 Å². The van der Waals surface area contributed by atoms with Gasteiger partial charge in [0.1, 0.15) is 17.3 Å². The van der Waals surface area contributed by atoms with Gasteiger partial charge in [-0.15, -0.1) is 10.2 Å². The van der Waals surface area contributed by atoms with E-state index in [-0.39, 0.29) is 23.9 Å². The van der Waals surface area contributed by atoms with Crippen LogP contribution in [0.2, 0.25) is 0 Å². The van der Waals surface area contributed by atoms with E-state index in [4.69, 9.17) is 9.47 Å². The Balaban J connectivity index is 1.71. The molecule has 170 valence electrons. The summed E-state index contributed by atoms with van der Waals surface area (Å²) in [5.74, 6) is 1.56. The zero-order chi connectivity index (χ0) is 23.3. The fourth-order valence-electron chi connectivity index (χ4n) is 3.03. The zero-order valence-electron chi connectivity index (χ0n) is 18.7. The van der Waals surface area contributed by atoms with Crippen LogP contribution in [0.5, 0.6) is 11.5 Å². The molecule has 0 saturated carbocycles. The maximum atomic E-state index is 13.1. The topological polar surface area (TPSA) is 78.3 Å². The molecule has 1 heterocycles. The number of carbonyl (C=O) groups is 1. The van der Waals surface area contributed by atoms with Gasteiger partial charge in [-0.25, -0.2) is 4.39 Å². The van der Waals surface area contributed by atoms with Crippen LogP contribution in [-0.4, -0.2) is 33.0 Å². The van der Waals surface area contributed by atoms with Crippen LogP contribution in [0, 0.1) is 5.82 Å². The molecule has 0 fully saturated rings. The van der Waals surface area contributed by atoms with Crippen molar-refractivity contribution >= 4 is 23.4 Å². The number of halogens is 1. The lowest BCUT2D eigenvalue weighted by Crippen LogP contribution is -2.23. The van der Waals surface area contributed by atoms with Gasteiger partial charge in [0.25, 0.3) is 0 Å². The van der Waals surface area contributed by atoms with Gasteiger partial charge in [0, 0.05) is 11.7 Å². The van der Waals surface area contributed by atoms with Crippen LogP contribution in [0.25, 0.3) is 0 Å². The highest BCUT2D eigenvalue weighted by Crippen LogP contribution is 2.30. The molecule has 7 nitrogen and oxygen atoms in total. The van der Waals surface area contributed by atoms with Crippen molar-refractivity contribution in [1.82, 2.24) is 14.8 Å². The van der Waals surface area contributed by atoms with Crippen molar-refractivity contribution in [2.24, 2.45) is 0 Å². The fourth-order valence-corrected chi connectivity index (χ4v) is 4.02. The first-order chi connectivity index (χ1) is 15.3. The summed E-state index contributed by atoms with van der Waals surface area (Å²) >= 11 is 1.31. The number of nitrogens with zero attached hydrogens (tertiary/aromatic N) is 3. The third-order valence-electron chi connectivity index (χ3n) is 4.71. The summed E-state index contributed by atoms with van der Waals surface area (Å²) in [4.78, 5) is 12.6. The number of thioether (sulfide) groups is 1. The van der Waals surface area contributed by atoms with E-state index in [1.54, 1.807) is 14.0 Å². The van der Waals surface area contributed by atoms with Gasteiger partial charge < -0.3 is 19.4 Å². The summed E-state index contributed by atoms with van der Waals surface area (Å²) in [5, 5.41) is 11.6. The van der Waals surface area contributed by atoms with Crippen LogP contribution in [0.1, 0.15) is 45.7 Å². The largest absolute Gasteiger partial charge is 0.497 e. The van der Waals surface area contributed by atoms with Crippen LogP contribution in [-0.2, 0) is 4.79 Å². The summed E-state index contributed by atoms with van der Waals surface area (Å²) in [7, 11) is 1.61. The Morgan fingerprint density at radius 3 is 2.22 bits per heavy atom. The first-order valence-electron chi connectivity index (χ1n) is 10.3. The van der Waals surface area contributed by atoms with Gasteiger partial charge in [-0.3, -0.25) is 4.79 Å². The Hall–Kier alpha value is -3.07. The third-order valence-corrected chi connectivity index (χ3v) is 5.76. The summed E-state index contributed by atoms with van der Waals surface area (Å²) in [5.41, 5.74) is 0.538. The molecule has 2 aromatic carbocycles. The van der Waals surface area contributed by atoms with E-state index in [1.165, 1.54) is 36.0 Å².